The number of amides is 1. The minimum Gasteiger partial charge on any atom is -0.366 e. The summed E-state index contributed by atoms with van der Waals surface area (Å²) in [5, 5.41) is 0. The molecule has 0 saturated heterocycles. The number of sulfone groups is 1. The highest BCUT2D eigenvalue weighted by Gasteiger charge is 2.29. The smallest absolute Gasteiger partial charge is 0.248 e. The number of rotatable bonds is 9. The number of hydrogen-bond donors (Lipinski definition) is 2. The van der Waals surface area contributed by atoms with Gasteiger partial charge in [-0.05, 0) is 53.8 Å². The van der Waals surface area contributed by atoms with E-state index < -0.39 is 15.7 Å². The van der Waals surface area contributed by atoms with Gasteiger partial charge in [0.15, 0.2) is 9.84 Å². The van der Waals surface area contributed by atoms with E-state index in [1.807, 2.05) is 6.07 Å². The van der Waals surface area contributed by atoms with E-state index in [0.29, 0.717) is 11.6 Å². The third-order valence-corrected chi connectivity index (χ3v) is 7.48. The standard InChI is InChI=1S/C23H30N2O3S/c1-3-11-25(12-4-2)21-14-19-6-5-17(13-20(19)15-21)16-29(27,28)22-9-7-18(8-10-22)23(24)26/h5-10,13,21H,3-4,11-12,14-16H2,1-2H3,(H2,24,26)/p+1. The minimum atomic E-state index is -3.48. The number of fused-ring (bicyclic) bond motifs is 1. The Bertz CT molecular complexity index is 962. The van der Waals surface area contributed by atoms with Gasteiger partial charge in [-0.15, -0.1) is 0 Å². The van der Waals surface area contributed by atoms with Crippen molar-refractivity contribution in [1.82, 2.24) is 0 Å². The second-order valence-corrected chi connectivity index (χ2v) is 10.0. The third kappa shape index (κ3) is 5.06. The maximum atomic E-state index is 12.8. The molecule has 2 aromatic rings. The van der Waals surface area contributed by atoms with E-state index in [-0.39, 0.29) is 10.6 Å². The summed E-state index contributed by atoms with van der Waals surface area (Å²) in [6, 6.07) is 12.5. The second kappa shape index (κ2) is 9.09. The van der Waals surface area contributed by atoms with Crippen LogP contribution in [0.25, 0.3) is 0 Å². The van der Waals surface area contributed by atoms with Gasteiger partial charge in [0, 0.05) is 18.4 Å². The van der Waals surface area contributed by atoms with Gasteiger partial charge in [-0.25, -0.2) is 8.42 Å². The topological polar surface area (TPSA) is 81.7 Å². The molecular formula is C23H31N2O3S+. The Balaban J connectivity index is 1.74. The van der Waals surface area contributed by atoms with Crippen molar-refractivity contribution >= 4 is 15.7 Å². The molecule has 3 N–H and O–H groups in total. The lowest BCUT2D eigenvalue weighted by Crippen LogP contribution is -3.16. The van der Waals surface area contributed by atoms with E-state index in [1.165, 1.54) is 61.3 Å². The van der Waals surface area contributed by atoms with E-state index in [0.717, 1.165) is 18.4 Å². The zero-order valence-electron chi connectivity index (χ0n) is 17.3. The van der Waals surface area contributed by atoms with Crippen LogP contribution in [0.2, 0.25) is 0 Å². The van der Waals surface area contributed by atoms with Crippen molar-refractivity contribution in [3.63, 3.8) is 0 Å². The summed E-state index contributed by atoms with van der Waals surface area (Å²) in [6.07, 6.45) is 4.46. The molecule has 0 aliphatic heterocycles. The van der Waals surface area contributed by atoms with Crippen molar-refractivity contribution < 1.29 is 18.1 Å². The first-order valence-corrected chi connectivity index (χ1v) is 12.1. The van der Waals surface area contributed by atoms with Crippen molar-refractivity contribution in [3.05, 3.63) is 64.7 Å². The molecule has 0 spiro atoms. The molecule has 0 saturated carbocycles. The molecule has 3 rings (SSSR count). The van der Waals surface area contributed by atoms with Crippen LogP contribution in [0.5, 0.6) is 0 Å². The van der Waals surface area contributed by atoms with E-state index in [2.05, 4.69) is 26.0 Å². The molecule has 1 aliphatic carbocycles. The molecule has 5 nitrogen and oxygen atoms in total. The zero-order valence-corrected chi connectivity index (χ0v) is 18.1. The van der Waals surface area contributed by atoms with Crippen molar-refractivity contribution in [1.29, 1.82) is 0 Å². The number of hydrogen-bond acceptors (Lipinski definition) is 3. The summed E-state index contributed by atoms with van der Waals surface area (Å²) in [5.74, 6) is -0.606. The lowest BCUT2D eigenvalue weighted by Gasteiger charge is -2.24. The summed E-state index contributed by atoms with van der Waals surface area (Å²) < 4.78 is 25.6. The minimum absolute atomic E-state index is 0.0403. The first kappa shape index (κ1) is 21.5. The van der Waals surface area contributed by atoms with Crippen LogP contribution in [0.3, 0.4) is 0 Å². The SMILES string of the molecule is CCC[NH+](CCC)C1Cc2ccc(CS(=O)(=O)c3ccc(C(N)=O)cc3)cc2C1. The van der Waals surface area contributed by atoms with Crippen LogP contribution >= 0.6 is 0 Å². The monoisotopic (exact) mass is 415 g/mol. The molecular weight excluding hydrogens is 384 g/mol. The van der Waals surface area contributed by atoms with Crippen LogP contribution in [0.15, 0.2) is 47.4 Å². The van der Waals surface area contributed by atoms with Crippen molar-refractivity contribution in [2.75, 3.05) is 13.1 Å². The first-order valence-electron chi connectivity index (χ1n) is 10.4. The Morgan fingerprint density at radius 2 is 1.62 bits per heavy atom. The Morgan fingerprint density at radius 3 is 2.21 bits per heavy atom. The fourth-order valence-corrected chi connectivity index (χ4v) is 5.69. The molecule has 156 valence electrons. The van der Waals surface area contributed by atoms with Gasteiger partial charge in [-0.1, -0.05) is 32.0 Å². The fraction of sp³-hybridized carbons (Fsp3) is 0.435. The van der Waals surface area contributed by atoms with E-state index in [4.69, 9.17) is 5.73 Å². The summed E-state index contributed by atoms with van der Waals surface area (Å²) in [4.78, 5) is 13.1. The summed E-state index contributed by atoms with van der Waals surface area (Å²) in [7, 11) is -3.48. The van der Waals surface area contributed by atoms with Gasteiger partial charge >= 0.3 is 0 Å². The first-order chi connectivity index (χ1) is 13.8. The molecule has 0 fully saturated rings. The fourth-order valence-electron chi connectivity index (χ4n) is 4.35. The van der Waals surface area contributed by atoms with Crippen LogP contribution in [0.4, 0.5) is 0 Å². The molecule has 6 heteroatoms. The van der Waals surface area contributed by atoms with E-state index in [9.17, 15) is 13.2 Å². The number of primary amides is 1. The molecule has 1 atom stereocenters. The third-order valence-electron chi connectivity index (χ3n) is 5.78. The molecule has 29 heavy (non-hydrogen) atoms. The van der Waals surface area contributed by atoms with Gasteiger partial charge in [0.25, 0.3) is 0 Å². The molecule has 2 aromatic carbocycles. The largest absolute Gasteiger partial charge is 0.366 e. The Kier molecular flexibility index (Phi) is 6.75. The summed E-state index contributed by atoms with van der Waals surface area (Å²) in [6.45, 7) is 6.84. The Hall–Kier alpha value is -2.18. The number of carbonyl (C=O) groups excluding carboxylic acids is 1. The average Bonchev–Trinajstić information content (AvgIpc) is 3.11. The zero-order chi connectivity index (χ0) is 21.0. The average molecular weight is 416 g/mol. The molecule has 1 amide bonds. The normalized spacial score (nSPS) is 16.2. The Labute approximate surface area is 173 Å². The van der Waals surface area contributed by atoms with E-state index in [1.54, 1.807) is 4.90 Å². The molecule has 0 bridgehead atoms. The number of benzene rings is 2. The predicted octanol–water partition coefficient (Wildman–Crippen LogP) is 1.93. The Morgan fingerprint density at radius 1 is 1.00 bits per heavy atom. The second-order valence-electron chi connectivity index (χ2n) is 8.01. The number of carbonyl (C=O) groups is 1. The lowest BCUT2D eigenvalue weighted by atomic mass is 10.1. The number of nitrogens with one attached hydrogen (secondary N) is 1. The molecule has 0 aromatic heterocycles. The van der Waals surface area contributed by atoms with Gasteiger partial charge in [0.05, 0.1) is 29.8 Å². The highest BCUT2D eigenvalue weighted by Crippen LogP contribution is 2.25. The van der Waals surface area contributed by atoms with Gasteiger partial charge in [-0.2, -0.15) is 0 Å². The molecule has 0 heterocycles. The summed E-state index contributed by atoms with van der Waals surface area (Å²) in [5.41, 5.74) is 8.99. The van der Waals surface area contributed by atoms with Crippen molar-refractivity contribution in [2.45, 2.75) is 56.2 Å². The summed E-state index contributed by atoms with van der Waals surface area (Å²) >= 11 is 0. The predicted molar refractivity (Wildman–Crippen MR) is 115 cm³/mol. The lowest BCUT2D eigenvalue weighted by molar-refractivity contribution is -0.924. The molecule has 1 aliphatic rings. The highest BCUT2D eigenvalue weighted by molar-refractivity contribution is 7.90. The van der Waals surface area contributed by atoms with Gasteiger partial charge in [0.2, 0.25) is 5.91 Å². The number of quaternary nitrogens is 1. The van der Waals surface area contributed by atoms with Gasteiger partial charge < -0.3 is 10.6 Å². The van der Waals surface area contributed by atoms with Gasteiger partial charge in [-0.3, -0.25) is 4.79 Å². The van der Waals surface area contributed by atoms with Crippen LogP contribution in [0.1, 0.15) is 53.7 Å². The maximum absolute atomic E-state index is 12.8. The number of nitrogens with two attached hydrogens (primary N) is 1. The van der Waals surface area contributed by atoms with Crippen LogP contribution in [-0.2, 0) is 28.4 Å². The highest BCUT2D eigenvalue weighted by atomic mass is 32.2. The van der Waals surface area contributed by atoms with Crippen LogP contribution in [-0.4, -0.2) is 33.5 Å². The molecule has 0 radical (unpaired) electrons. The van der Waals surface area contributed by atoms with E-state index >= 15 is 0 Å². The molecule has 1 unspecified atom stereocenters. The van der Waals surface area contributed by atoms with Crippen molar-refractivity contribution in [3.8, 4) is 0 Å². The quantitative estimate of drug-likeness (QED) is 0.657. The van der Waals surface area contributed by atoms with Gasteiger partial charge in [0.1, 0.15) is 0 Å². The van der Waals surface area contributed by atoms with Crippen LogP contribution < -0.4 is 10.6 Å². The van der Waals surface area contributed by atoms with Crippen molar-refractivity contribution in [2.24, 2.45) is 5.73 Å². The maximum Gasteiger partial charge on any atom is 0.248 e. The van der Waals surface area contributed by atoms with Crippen LogP contribution in [0, 0.1) is 0 Å².